The second-order valence-corrected chi connectivity index (χ2v) is 6.26. The number of halogens is 2. The molecular weight excluding hydrogens is 375 g/mol. The van der Waals surface area contributed by atoms with Gasteiger partial charge in [0.15, 0.2) is 11.6 Å². The molecule has 0 fully saturated rings. The van der Waals surface area contributed by atoms with Gasteiger partial charge in [-0.2, -0.15) is 0 Å². The van der Waals surface area contributed by atoms with Crippen molar-refractivity contribution in [1.82, 2.24) is 0 Å². The first-order valence-electron chi connectivity index (χ1n) is 7.73. The number of fused-ring (bicyclic) bond motifs is 2. The Balaban J connectivity index is 2.29. The third kappa shape index (κ3) is 2.91. The zero-order valence-electron chi connectivity index (χ0n) is 13.7. The minimum Gasteiger partial charge on any atom is -0.489 e. The van der Waals surface area contributed by atoms with Crippen molar-refractivity contribution in [3.8, 4) is 11.5 Å². The molecule has 1 aliphatic carbocycles. The second kappa shape index (κ2) is 7.36. The molecule has 0 unspecified atom stereocenters. The Kier molecular flexibility index (Phi) is 5.16. The first kappa shape index (κ1) is 18.2. The second-order valence-electron chi connectivity index (χ2n) is 5.45. The lowest BCUT2D eigenvalue weighted by Crippen LogP contribution is -2.24. The number of hydrogen-bond acceptors (Lipinski definition) is 4. The summed E-state index contributed by atoms with van der Waals surface area (Å²) < 4.78 is 11.1. The Morgan fingerprint density at radius 2 is 1.12 bits per heavy atom. The van der Waals surface area contributed by atoms with E-state index in [1.54, 1.807) is 24.3 Å². The highest BCUT2D eigenvalue weighted by Gasteiger charge is 2.38. The van der Waals surface area contributed by atoms with Crippen molar-refractivity contribution >= 4 is 34.8 Å². The standard InChI is InChI=1S/C20H14Cl2O4/c1-3-9-25-13-7-8-14(26-10-4-2)18-17(13)19(23)15-11(21)5-6-12(22)16(15)20(18)24/h3-8H,1-2,9-10H2. The maximum Gasteiger partial charge on any atom is 0.199 e. The lowest BCUT2D eigenvalue weighted by Gasteiger charge is -2.23. The van der Waals surface area contributed by atoms with Crippen LogP contribution in [0.5, 0.6) is 11.5 Å². The molecule has 2 aromatic carbocycles. The van der Waals surface area contributed by atoms with Crippen LogP contribution >= 0.6 is 23.2 Å². The van der Waals surface area contributed by atoms with E-state index >= 15 is 0 Å². The Morgan fingerprint density at radius 1 is 0.731 bits per heavy atom. The van der Waals surface area contributed by atoms with E-state index in [0.717, 1.165) is 0 Å². The van der Waals surface area contributed by atoms with E-state index in [1.165, 1.54) is 12.1 Å². The molecule has 0 bridgehead atoms. The predicted octanol–water partition coefficient (Wildman–Crippen LogP) is 4.90. The van der Waals surface area contributed by atoms with Crippen molar-refractivity contribution in [3.05, 3.63) is 81.9 Å². The fraction of sp³-hybridized carbons (Fsp3) is 0.100. The molecule has 0 amide bonds. The summed E-state index contributed by atoms with van der Waals surface area (Å²) in [5.41, 5.74) is 0.354. The van der Waals surface area contributed by atoms with Gasteiger partial charge in [-0.05, 0) is 24.3 Å². The Bertz CT molecular complexity index is 871. The fourth-order valence-corrected chi connectivity index (χ4v) is 3.29. The first-order valence-corrected chi connectivity index (χ1v) is 8.48. The molecule has 1 aliphatic rings. The number of carbonyl (C=O) groups excluding carboxylic acids is 2. The zero-order chi connectivity index (χ0) is 18.8. The van der Waals surface area contributed by atoms with E-state index in [0.29, 0.717) is 0 Å². The maximum atomic E-state index is 13.2. The van der Waals surface area contributed by atoms with Gasteiger partial charge in [-0.15, -0.1) is 0 Å². The average Bonchev–Trinajstić information content (AvgIpc) is 2.64. The van der Waals surface area contributed by atoms with E-state index in [2.05, 4.69) is 13.2 Å². The molecule has 4 nitrogen and oxygen atoms in total. The largest absolute Gasteiger partial charge is 0.489 e. The van der Waals surface area contributed by atoms with Crippen molar-refractivity contribution in [2.75, 3.05) is 13.2 Å². The van der Waals surface area contributed by atoms with Crippen LogP contribution in [0.4, 0.5) is 0 Å². The number of ketones is 2. The summed E-state index contributed by atoms with van der Waals surface area (Å²) in [7, 11) is 0. The van der Waals surface area contributed by atoms with Gasteiger partial charge in [0.25, 0.3) is 0 Å². The van der Waals surface area contributed by atoms with Crippen molar-refractivity contribution < 1.29 is 19.1 Å². The molecule has 0 spiro atoms. The van der Waals surface area contributed by atoms with Crippen LogP contribution in [-0.4, -0.2) is 24.8 Å². The molecule has 26 heavy (non-hydrogen) atoms. The molecule has 0 aliphatic heterocycles. The molecule has 0 atom stereocenters. The molecule has 0 saturated carbocycles. The Labute approximate surface area is 160 Å². The zero-order valence-corrected chi connectivity index (χ0v) is 15.2. The number of hydrogen-bond donors (Lipinski definition) is 0. The highest BCUT2D eigenvalue weighted by Crippen LogP contribution is 2.42. The van der Waals surface area contributed by atoms with Crippen LogP contribution in [0.3, 0.4) is 0 Å². The van der Waals surface area contributed by atoms with E-state index in [1.807, 2.05) is 0 Å². The lowest BCUT2D eigenvalue weighted by atomic mass is 9.83. The first-order chi connectivity index (χ1) is 12.5. The summed E-state index contributed by atoms with van der Waals surface area (Å²) in [5, 5.41) is 0.306. The highest BCUT2D eigenvalue weighted by atomic mass is 35.5. The maximum absolute atomic E-state index is 13.2. The highest BCUT2D eigenvalue weighted by molar-refractivity contribution is 6.44. The summed E-state index contributed by atoms with van der Waals surface area (Å²) in [4.78, 5) is 26.3. The number of ether oxygens (including phenoxy) is 2. The van der Waals surface area contributed by atoms with Gasteiger partial charge in [0.05, 0.1) is 32.3 Å². The number of rotatable bonds is 6. The summed E-state index contributed by atoms with van der Waals surface area (Å²) in [5.74, 6) is -0.368. The molecule has 0 N–H and O–H groups in total. The van der Waals surface area contributed by atoms with Crippen LogP contribution < -0.4 is 9.47 Å². The smallest absolute Gasteiger partial charge is 0.199 e. The minimum absolute atomic E-state index is 0.0704. The molecule has 0 saturated heterocycles. The van der Waals surface area contributed by atoms with Gasteiger partial charge in [-0.25, -0.2) is 0 Å². The monoisotopic (exact) mass is 388 g/mol. The SMILES string of the molecule is C=CCOc1ccc(OCC=C)c2c1C(=O)c1c(Cl)ccc(Cl)c1C2=O. The lowest BCUT2D eigenvalue weighted by molar-refractivity contribution is 0.0973. The molecule has 3 rings (SSSR count). The minimum atomic E-state index is -0.440. The van der Waals surface area contributed by atoms with Crippen molar-refractivity contribution in [2.24, 2.45) is 0 Å². The quantitative estimate of drug-likeness (QED) is 0.563. The van der Waals surface area contributed by atoms with Crippen LogP contribution in [0.15, 0.2) is 49.6 Å². The molecule has 6 heteroatoms. The third-order valence-electron chi connectivity index (χ3n) is 3.85. The van der Waals surface area contributed by atoms with E-state index in [9.17, 15) is 9.59 Å². The predicted molar refractivity (Wildman–Crippen MR) is 101 cm³/mol. The van der Waals surface area contributed by atoms with Gasteiger partial charge in [0.2, 0.25) is 0 Å². The summed E-state index contributed by atoms with van der Waals surface area (Å²) in [6.45, 7) is 7.54. The molecule has 132 valence electrons. The fourth-order valence-electron chi connectivity index (χ4n) is 2.80. The van der Waals surface area contributed by atoms with E-state index in [4.69, 9.17) is 32.7 Å². The third-order valence-corrected chi connectivity index (χ3v) is 4.48. The molecule has 2 aromatic rings. The van der Waals surface area contributed by atoms with Crippen LogP contribution in [-0.2, 0) is 0 Å². The van der Waals surface area contributed by atoms with Crippen molar-refractivity contribution in [1.29, 1.82) is 0 Å². The van der Waals surface area contributed by atoms with Gasteiger partial charge < -0.3 is 9.47 Å². The summed E-state index contributed by atoms with van der Waals surface area (Å²) in [6.07, 6.45) is 3.09. The number of benzene rings is 2. The van der Waals surface area contributed by atoms with Crippen molar-refractivity contribution in [3.63, 3.8) is 0 Å². The van der Waals surface area contributed by atoms with Crippen molar-refractivity contribution in [2.45, 2.75) is 0 Å². The van der Waals surface area contributed by atoms with Crippen LogP contribution in [0, 0.1) is 0 Å². The molecular formula is C20H14Cl2O4. The average molecular weight is 389 g/mol. The summed E-state index contributed by atoms with van der Waals surface area (Å²) in [6, 6.07) is 6.13. The molecule has 0 heterocycles. The van der Waals surface area contributed by atoms with Gasteiger partial charge in [0, 0.05) is 0 Å². The summed E-state index contributed by atoms with van der Waals surface area (Å²) >= 11 is 12.4. The van der Waals surface area contributed by atoms with E-state index in [-0.39, 0.29) is 57.0 Å². The molecule has 0 aromatic heterocycles. The van der Waals surface area contributed by atoms with Crippen LogP contribution in [0.1, 0.15) is 31.8 Å². The molecule has 0 radical (unpaired) electrons. The van der Waals surface area contributed by atoms with Gasteiger partial charge >= 0.3 is 0 Å². The van der Waals surface area contributed by atoms with Crippen LogP contribution in [0.25, 0.3) is 0 Å². The van der Waals surface area contributed by atoms with Gasteiger partial charge in [0.1, 0.15) is 24.7 Å². The topological polar surface area (TPSA) is 52.6 Å². The Morgan fingerprint density at radius 3 is 1.46 bits per heavy atom. The van der Waals surface area contributed by atoms with E-state index < -0.39 is 11.6 Å². The van der Waals surface area contributed by atoms with Gasteiger partial charge in [-0.1, -0.05) is 48.5 Å². The normalized spacial score (nSPS) is 12.2. The number of carbonyl (C=O) groups is 2. The van der Waals surface area contributed by atoms with Gasteiger partial charge in [-0.3, -0.25) is 9.59 Å². The van der Waals surface area contributed by atoms with Crippen LogP contribution in [0.2, 0.25) is 10.0 Å². The Hall–Kier alpha value is -2.56.